The molecule has 1 heterocycles. The van der Waals surface area contributed by atoms with Crippen molar-refractivity contribution in [3.05, 3.63) is 0 Å². The van der Waals surface area contributed by atoms with E-state index >= 15 is 0 Å². The lowest BCUT2D eigenvalue weighted by Gasteiger charge is -1.99. The summed E-state index contributed by atoms with van der Waals surface area (Å²) >= 11 is 1.96. The van der Waals surface area contributed by atoms with E-state index in [-0.39, 0.29) is 0 Å². The first-order valence-corrected chi connectivity index (χ1v) is 4.64. The summed E-state index contributed by atoms with van der Waals surface area (Å²) in [6, 6.07) is 2.40. The van der Waals surface area contributed by atoms with Crippen LogP contribution in [0.15, 0.2) is 4.99 Å². The quantitative estimate of drug-likeness (QED) is 0.337. The molecule has 0 aromatic rings. The van der Waals surface area contributed by atoms with E-state index < -0.39 is 0 Å². The molecule has 11 heavy (non-hydrogen) atoms. The largest absolute Gasteiger partial charge is 0.249 e. The summed E-state index contributed by atoms with van der Waals surface area (Å²) in [4.78, 5) is 12.8. The first kappa shape index (κ1) is 8.39. The minimum absolute atomic E-state index is 0.671. The van der Waals surface area contributed by atoms with Crippen molar-refractivity contribution in [3.8, 4) is 12.0 Å². The normalized spacial score (nSPS) is 21.6. The number of thioether (sulfide) groups is 1. The smallest absolute Gasteiger partial charge is 0.210 e. The molecule has 1 saturated heterocycles. The Morgan fingerprint density at radius 2 is 2.55 bits per heavy atom. The molecule has 0 spiro atoms. The lowest BCUT2D eigenvalue weighted by Crippen LogP contribution is -1.92. The first-order valence-electron chi connectivity index (χ1n) is 3.60. The van der Waals surface area contributed by atoms with E-state index in [1.807, 2.05) is 11.8 Å². The maximum atomic E-state index is 9.60. The molecule has 0 N–H and O–H groups in total. The van der Waals surface area contributed by atoms with Crippen molar-refractivity contribution in [2.75, 3.05) is 5.75 Å². The fourth-order valence-electron chi connectivity index (χ4n) is 1.03. The molecule has 1 aliphatic heterocycles. The van der Waals surface area contributed by atoms with Crippen LogP contribution in [0.5, 0.6) is 0 Å². The predicted molar refractivity (Wildman–Crippen MR) is 46.0 cm³/mol. The van der Waals surface area contributed by atoms with E-state index in [2.05, 4.69) is 17.0 Å². The number of nitrogens with zero attached hydrogens (tertiary/aromatic N) is 1. The molecule has 1 fully saturated rings. The van der Waals surface area contributed by atoms with Crippen molar-refractivity contribution in [3.63, 3.8) is 0 Å². The van der Waals surface area contributed by atoms with Crippen LogP contribution in [-0.4, -0.2) is 17.1 Å². The maximum Gasteiger partial charge on any atom is 0.249 e. The van der Waals surface area contributed by atoms with Gasteiger partial charge in [-0.1, -0.05) is 5.92 Å². The monoisotopic (exact) mass is 167 g/mol. The van der Waals surface area contributed by atoms with E-state index in [9.17, 15) is 4.79 Å². The van der Waals surface area contributed by atoms with Gasteiger partial charge in [0.1, 0.15) is 0 Å². The van der Waals surface area contributed by atoms with Crippen LogP contribution in [0.25, 0.3) is 0 Å². The molecule has 1 aliphatic rings. The van der Waals surface area contributed by atoms with Gasteiger partial charge < -0.3 is 0 Å². The Balaban J connectivity index is 2.21. The topological polar surface area (TPSA) is 29.4 Å². The van der Waals surface area contributed by atoms with Crippen molar-refractivity contribution in [2.24, 2.45) is 4.99 Å². The molecule has 0 radical (unpaired) electrons. The van der Waals surface area contributed by atoms with Crippen LogP contribution >= 0.6 is 11.8 Å². The van der Waals surface area contributed by atoms with Gasteiger partial charge in [0.25, 0.3) is 0 Å². The summed E-state index contributed by atoms with van der Waals surface area (Å²) < 4.78 is 0. The van der Waals surface area contributed by atoms with Crippen molar-refractivity contribution in [1.82, 2.24) is 0 Å². The number of aliphatic imine (C=N–C) groups is 1. The second kappa shape index (κ2) is 5.01. The van der Waals surface area contributed by atoms with E-state index in [0.717, 1.165) is 6.42 Å². The molecule has 0 aromatic carbocycles. The summed E-state index contributed by atoms with van der Waals surface area (Å²) in [5.41, 5.74) is 0. The second-order valence-electron chi connectivity index (χ2n) is 2.33. The van der Waals surface area contributed by atoms with Crippen LogP contribution in [0.4, 0.5) is 0 Å². The highest BCUT2D eigenvalue weighted by Crippen LogP contribution is 2.27. The number of isocyanates is 1. The molecule has 3 heteroatoms. The Hall–Kier alpha value is -0.710. The Morgan fingerprint density at radius 3 is 3.18 bits per heavy atom. The molecule has 0 bridgehead atoms. The second-order valence-corrected chi connectivity index (χ2v) is 3.74. The van der Waals surface area contributed by atoms with Crippen LogP contribution in [0.1, 0.15) is 19.3 Å². The Labute approximate surface area is 70.5 Å². The zero-order valence-electron chi connectivity index (χ0n) is 6.17. The molecule has 1 atom stereocenters. The SMILES string of the molecule is O=C=NC#CCC1CCCS1. The zero-order chi connectivity index (χ0) is 7.94. The molecule has 58 valence electrons. The summed E-state index contributed by atoms with van der Waals surface area (Å²) in [5.74, 6) is 4.08. The molecule has 0 amide bonds. The summed E-state index contributed by atoms with van der Waals surface area (Å²) in [7, 11) is 0. The van der Waals surface area contributed by atoms with Gasteiger partial charge in [0.05, 0.1) is 0 Å². The zero-order valence-corrected chi connectivity index (χ0v) is 6.99. The fraction of sp³-hybridized carbons (Fsp3) is 0.625. The third kappa shape index (κ3) is 3.27. The van der Waals surface area contributed by atoms with Crippen LogP contribution in [-0.2, 0) is 4.79 Å². The average Bonchev–Trinajstić information content (AvgIpc) is 2.50. The van der Waals surface area contributed by atoms with Crippen LogP contribution < -0.4 is 0 Å². The number of carbonyl (C=O) groups excluding carboxylic acids is 1. The highest BCUT2D eigenvalue weighted by Gasteiger charge is 2.13. The van der Waals surface area contributed by atoms with Gasteiger partial charge in [-0.25, -0.2) is 4.79 Å². The van der Waals surface area contributed by atoms with Crippen LogP contribution in [0, 0.1) is 12.0 Å². The first-order chi connectivity index (χ1) is 5.43. The fourth-order valence-corrected chi connectivity index (χ4v) is 2.23. The maximum absolute atomic E-state index is 9.60. The lowest BCUT2D eigenvalue weighted by atomic mass is 10.2. The number of hydrogen-bond acceptors (Lipinski definition) is 3. The summed E-state index contributed by atoms with van der Waals surface area (Å²) in [5, 5.41) is 0.671. The third-order valence-electron chi connectivity index (χ3n) is 1.53. The van der Waals surface area contributed by atoms with Gasteiger partial charge in [0, 0.05) is 17.7 Å². The molecule has 0 aliphatic carbocycles. The standard InChI is InChI=1S/C8H9NOS/c10-7-9-5-1-3-8-4-2-6-11-8/h8H,2-4,6H2. The molecular formula is C8H9NOS. The molecule has 1 rings (SSSR count). The van der Waals surface area contributed by atoms with E-state index in [1.165, 1.54) is 24.7 Å². The van der Waals surface area contributed by atoms with Crippen molar-refractivity contribution in [1.29, 1.82) is 0 Å². The Bertz CT molecular complexity index is 216. The minimum Gasteiger partial charge on any atom is -0.210 e. The van der Waals surface area contributed by atoms with Gasteiger partial charge in [-0.05, 0) is 18.6 Å². The van der Waals surface area contributed by atoms with E-state index in [0.29, 0.717) is 5.25 Å². The van der Waals surface area contributed by atoms with Crippen LogP contribution in [0.3, 0.4) is 0 Å². The summed E-state index contributed by atoms with van der Waals surface area (Å²) in [6.07, 6.45) is 4.80. The number of rotatable bonds is 1. The highest BCUT2D eigenvalue weighted by atomic mass is 32.2. The molecule has 2 nitrogen and oxygen atoms in total. The average molecular weight is 167 g/mol. The minimum atomic E-state index is 0.671. The molecule has 1 unspecified atom stereocenters. The molecule has 0 saturated carbocycles. The van der Waals surface area contributed by atoms with Gasteiger partial charge in [-0.3, -0.25) is 0 Å². The third-order valence-corrected chi connectivity index (χ3v) is 2.93. The van der Waals surface area contributed by atoms with Crippen molar-refractivity contribution in [2.45, 2.75) is 24.5 Å². The highest BCUT2D eigenvalue weighted by molar-refractivity contribution is 8.00. The van der Waals surface area contributed by atoms with Gasteiger partial charge in [-0.15, -0.1) is 4.99 Å². The van der Waals surface area contributed by atoms with Gasteiger partial charge in [0.15, 0.2) is 0 Å². The van der Waals surface area contributed by atoms with Crippen molar-refractivity contribution < 1.29 is 4.79 Å². The molecule has 0 aromatic heterocycles. The van der Waals surface area contributed by atoms with E-state index in [4.69, 9.17) is 0 Å². The van der Waals surface area contributed by atoms with Gasteiger partial charge in [0.2, 0.25) is 6.08 Å². The van der Waals surface area contributed by atoms with Crippen LogP contribution in [0.2, 0.25) is 0 Å². The predicted octanol–water partition coefficient (Wildman–Crippen LogP) is 1.57. The Kier molecular flexibility index (Phi) is 3.82. The number of hydrogen-bond donors (Lipinski definition) is 0. The summed E-state index contributed by atoms with van der Waals surface area (Å²) in [6.45, 7) is 0. The Morgan fingerprint density at radius 1 is 1.64 bits per heavy atom. The van der Waals surface area contributed by atoms with Crippen molar-refractivity contribution >= 4 is 17.8 Å². The molecular weight excluding hydrogens is 158 g/mol. The van der Waals surface area contributed by atoms with Gasteiger partial charge >= 0.3 is 0 Å². The van der Waals surface area contributed by atoms with Gasteiger partial charge in [-0.2, -0.15) is 11.8 Å². The lowest BCUT2D eigenvalue weighted by molar-refractivity contribution is 0.565. The van der Waals surface area contributed by atoms with E-state index in [1.54, 1.807) is 0 Å².